The molecule has 0 spiro atoms. The minimum atomic E-state index is -4.01. The Balaban J connectivity index is 2.06. The standard InChI is InChI=1S/C26H39NO3S2/c1-4-5-6-7-8-9-10-11-12-13-22-31(28,25-18-14-23(2)15-19-25)27-32(29,30)26-20-16-24(3)17-21-26/h14-21H,4-13,22H2,1-3H3/t31-/m0/s1. The van der Waals surface area contributed by atoms with Gasteiger partial charge >= 0.3 is 0 Å². The molecule has 2 aromatic carbocycles. The number of aryl methyl sites for hydroxylation is 2. The van der Waals surface area contributed by atoms with Crippen LogP contribution < -0.4 is 0 Å². The van der Waals surface area contributed by atoms with E-state index in [1.165, 1.54) is 57.1 Å². The fraction of sp³-hybridized carbons (Fsp3) is 0.538. The molecule has 0 saturated heterocycles. The van der Waals surface area contributed by atoms with Gasteiger partial charge in [-0.3, -0.25) is 0 Å². The van der Waals surface area contributed by atoms with Crippen LogP contribution in [0.3, 0.4) is 0 Å². The Morgan fingerprint density at radius 1 is 0.594 bits per heavy atom. The van der Waals surface area contributed by atoms with Crippen molar-refractivity contribution in [3.8, 4) is 0 Å². The van der Waals surface area contributed by atoms with Gasteiger partial charge in [-0.15, -0.1) is 3.77 Å². The third kappa shape index (κ3) is 8.70. The molecule has 0 aliphatic heterocycles. The molecule has 6 heteroatoms. The maximum atomic E-state index is 13.8. The molecule has 0 heterocycles. The van der Waals surface area contributed by atoms with Crippen LogP contribution in [0, 0.1) is 13.8 Å². The number of unbranched alkanes of at least 4 members (excludes halogenated alkanes) is 9. The minimum absolute atomic E-state index is 0.0889. The Bertz CT molecular complexity index is 1030. The highest BCUT2D eigenvalue weighted by molar-refractivity contribution is 8.03. The number of benzene rings is 2. The summed E-state index contributed by atoms with van der Waals surface area (Å²) in [5.74, 6) is 0.262. The summed E-state index contributed by atoms with van der Waals surface area (Å²) in [5, 5.41) is 0. The van der Waals surface area contributed by atoms with Crippen LogP contribution in [0.5, 0.6) is 0 Å². The Morgan fingerprint density at radius 3 is 1.47 bits per heavy atom. The molecular formula is C26H39NO3S2. The summed E-state index contributed by atoms with van der Waals surface area (Å²) in [5.41, 5.74) is 2.00. The minimum Gasteiger partial charge on any atom is -0.244 e. The van der Waals surface area contributed by atoms with Gasteiger partial charge in [-0.1, -0.05) is 100 Å². The first-order chi connectivity index (χ1) is 15.3. The van der Waals surface area contributed by atoms with E-state index in [4.69, 9.17) is 0 Å². The summed E-state index contributed by atoms with van der Waals surface area (Å²) < 4.78 is 43.7. The molecule has 0 unspecified atom stereocenters. The van der Waals surface area contributed by atoms with E-state index in [1.807, 2.05) is 26.0 Å². The van der Waals surface area contributed by atoms with Crippen molar-refractivity contribution in [1.29, 1.82) is 0 Å². The Labute approximate surface area is 196 Å². The van der Waals surface area contributed by atoms with Crippen LogP contribution >= 0.6 is 0 Å². The van der Waals surface area contributed by atoms with E-state index in [-0.39, 0.29) is 10.6 Å². The third-order valence-corrected chi connectivity index (χ3v) is 10.2. The van der Waals surface area contributed by atoms with Crippen LogP contribution in [0.2, 0.25) is 0 Å². The Kier molecular flexibility index (Phi) is 10.9. The monoisotopic (exact) mass is 477 g/mol. The summed E-state index contributed by atoms with van der Waals surface area (Å²) in [6.07, 6.45) is 11.7. The zero-order valence-corrected chi connectivity index (χ0v) is 21.5. The highest BCUT2D eigenvalue weighted by atomic mass is 32.3. The van der Waals surface area contributed by atoms with Crippen LogP contribution in [-0.2, 0) is 19.8 Å². The van der Waals surface area contributed by atoms with E-state index in [0.717, 1.165) is 24.0 Å². The molecule has 0 amide bonds. The second-order valence-corrected chi connectivity index (χ2v) is 12.9. The molecule has 0 aliphatic rings. The number of hydrogen-bond donors (Lipinski definition) is 0. The van der Waals surface area contributed by atoms with Crippen LogP contribution in [0.15, 0.2) is 62.1 Å². The van der Waals surface area contributed by atoms with Crippen LogP contribution in [0.1, 0.15) is 82.3 Å². The quantitative estimate of drug-likeness (QED) is 0.266. The molecule has 0 aliphatic carbocycles. The van der Waals surface area contributed by atoms with Gasteiger partial charge < -0.3 is 0 Å². The van der Waals surface area contributed by atoms with Gasteiger partial charge in [-0.2, -0.15) is 8.42 Å². The molecule has 32 heavy (non-hydrogen) atoms. The number of hydrogen-bond acceptors (Lipinski definition) is 3. The van der Waals surface area contributed by atoms with Crippen molar-refractivity contribution >= 4 is 19.8 Å². The van der Waals surface area contributed by atoms with Gasteiger partial charge in [0.15, 0.2) is 0 Å². The van der Waals surface area contributed by atoms with Gasteiger partial charge in [0.05, 0.1) is 14.6 Å². The predicted octanol–water partition coefficient (Wildman–Crippen LogP) is 7.44. The molecule has 178 valence electrons. The predicted molar refractivity (Wildman–Crippen MR) is 135 cm³/mol. The summed E-state index contributed by atoms with van der Waals surface area (Å²) >= 11 is 0. The van der Waals surface area contributed by atoms with E-state index in [0.29, 0.717) is 11.3 Å². The van der Waals surface area contributed by atoms with Crippen molar-refractivity contribution in [3.05, 3.63) is 59.7 Å². The molecule has 1 atom stereocenters. The highest BCUT2D eigenvalue weighted by Crippen LogP contribution is 2.23. The van der Waals surface area contributed by atoms with Gasteiger partial charge in [0.25, 0.3) is 10.0 Å². The van der Waals surface area contributed by atoms with Crippen LogP contribution in [0.25, 0.3) is 0 Å². The number of sulfonamides is 1. The highest BCUT2D eigenvalue weighted by Gasteiger charge is 2.20. The van der Waals surface area contributed by atoms with Gasteiger partial charge in [-0.05, 0) is 44.5 Å². The first-order valence-electron chi connectivity index (χ1n) is 11.9. The summed E-state index contributed by atoms with van der Waals surface area (Å²) in [6.45, 7) is 6.08. The molecule has 0 fully saturated rings. The lowest BCUT2D eigenvalue weighted by atomic mass is 10.1. The van der Waals surface area contributed by atoms with Crippen molar-refractivity contribution in [3.63, 3.8) is 0 Å². The fourth-order valence-corrected chi connectivity index (χ4v) is 7.77. The van der Waals surface area contributed by atoms with E-state index in [9.17, 15) is 12.6 Å². The smallest absolute Gasteiger partial charge is 0.244 e. The second-order valence-electron chi connectivity index (χ2n) is 8.70. The molecule has 0 saturated carbocycles. The molecular weight excluding hydrogens is 438 g/mol. The largest absolute Gasteiger partial charge is 0.290 e. The van der Waals surface area contributed by atoms with E-state index in [1.54, 1.807) is 24.3 Å². The maximum absolute atomic E-state index is 13.8. The summed E-state index contributed by atoms with van der Waals surface area (Å²) in [6, 6.07) is 13.8. The lowest BCUT2D eigenvalue weighted by Crippen LogP contribution is -2.11. The Morgan fingerprint density at radius 2 is 1.00 bits per heavy atom. The van der Waals surface area contributed by atoms with E-state index >= 15 is 0 Å². The zero-order valence-electron chi connectivity index (χ0n) is 19.9. The molecule has 2 rings (SSSR count). The maximum Gasteiger partial charge on any atom is 0.290 e. The van der Waals surface area contributed by atoms with E-state index in [2.05, 4.69) is 10.7 Å². The first kappa shape index (κ1) is 26.6. The number of rotatable bonds is 14. The fourth-order valence-electron chi connectivity index (χ4n) is 3.65. The molecule has 0 bridgehead atoms. The van der Waals surface area contributed by atoms with Gasteiger partial charge in [0.2, 0.25) is 0 Å². The van der Waals surface area contributed by atoms with Crippen molar-refractivity contribution < 1.29 is 12.6 Å². The first-order valence-corrected chi connectivity index (χ1v) is 15.0. The van der Waals surface area contributed by atoms with Gasteiger partial charge in [0.1, 0.15) is 0 Å². The SMILES string of the molecule is CCCCCCCCCCCC[S@@](=O)(=NS(=O)(=O)c1ccc(C)cc1)c1ccc(C)cc1. The third-order valence-electron chi connectivity index (χ3n) is 5.70. The lowest BCUT2D eigenvalue weighted by Gasteiger charge is -2.11. The van der Waals surface area contributed by atoms with Crippen molar-refractivity contribution in [2.75, 3.05) is 5.75 Å². The summed E-state index contributed by atoms with van der Waals surface area (Å²) in [7, 11) is -7.08. The zero-order chi connectivity index (χ0) is 23.5. The van der Waals surface area contributed by atoms with Crippen molar-refractivity contribution in [1.82, 2.24) is 0 Å². The van der Waals surface area contributed by atoms with Crippen molar-refractivity contribution in [2.24, 2.45) is 3.77 Å². The average Bonchev–Trinajstić information content (AvgIpc) is 2.75. The van der Waals surface area contributed by atoms with Gasteiger partial charge in [-0.25, -0.2) is 4.21 Å². The van der Waals surface area contributed by atoms with Crippen LogP contribution in [-0.4, -0.2) is 18.4 Å². The second kappa shape index (κ2) is 13.1. The molecule has 4 nitrogen and oxygen atoms in total. The average molecular weight is 478 g/mol. The number of nitrogens with zero attached hydrogens (tertiary/aromatic N) is 1. The van der Waals surface area contributed by atoms with Crippen molar-refractivity contribution in [2.45, 2.75) is 94.8 Å². The van der Waals surface area contributed by atoms with Crippen LogP contribution in [0.4, 0.5) is 0 Å². The summed E-state index contributed by atoms with van der Waals surface area (Å²) in [4.78, 5) is 0.584. The normalized spacial score (nSPS) is 13.6. The topological polar surface area (TPSA) is 63.6 Å². The molecule has 0 aromatic heterocycles. The molecule has 0 N–H and O–H groups in total. The van der Waals surface area contributed by atoms with E-state index < -0.39 is 19.8 Å². The Hall–Kier alpha value is -1.66. The molecule has 0 radical (unpaired) electrons. The lowest BCUT2D eigenvalue weighted by molar-refractivity contribution is 0.562. The van der Waals surface area contributed by atoms with Gasteiger partial charge in [0, 0.05) is 10.6 Å². The molecule has 2 aromatic rings.